The second-order valence-electron chi connectivity index (χ2n) is 7.65. The Balaban J connectivity index is 1.65. The molecule has 2 aliphatic heterocycles. The van der Waals surface area contributed by atoms with Crippen LogP contribution in [0.5, 0.6) is 0 Å². The molecular formula is C19H28N4O2. The smallest absolute Gasteiger partial charge is 0.323 e. The summed E-state index contributed by atoms with van der Waals surface area (Å²) in [6, 6.07) is 3.73. The van der Waals surface area contributed by atoms with E-state index in [4.69, 9.17) is 0 Å². The Morgan fingerprint density at radius 2 is 2.04 bits per heavy atom. The van der Waals surface area contributed by atoms with E-state index in [0.29, 0.717) is 0 Å². The number of aromatic nitrogens is 1. The predicted octanol–water partition coefficient (Wildman–Crippen LogP) is 2.05. The molecule has 1 N–H and O–H groups in total. The first kappa shape index (κ1) is 17.9. The average Bonchev–Trinajstić information content (AvgIpc) is 2.84. The highest BCUT2D eigenvalue weighted by molar-refractivity contribution is 6.07. The molecule has 3 amide bonds. The van der Waals surface area contributed by atoms with E-state index in [-0.39, 0.29) is 23.9 Å². The largest absolute Gasteiger partial charge is 0.325 e. The molecular weight excluding hydrogens is 316 g/mol. The first-order chi connectivity index (χ1) is 11.9. The van der Waals surface area contributed by atoms with Crippen molar-refractivity contribution >= 4 is 11.9 Å². The normalized spacial score (nSPS) is 27.8. The fraction of sp³-hybridized carbons (Fsp3) is 0.632. The first-order valence-corrected chi connectivity index (χ1v) is 9.19. The lowest BCUT2D eigenvalue weighted by atomic mass is 9.79. The molecule has 2 atom stereocenters. The minimum Gasteiger partial charge on any atom is -0.323 e. The van der Waals surface area contributed by atoms with Gasteiger partial charge in [-0.2, -0.15) is 0 Å². The maximum atomic E-state index is 12.9. The molecule has 0 aliphatic carbocycles. The predicted molar refractivity (Wildman–Crippen MR) is 96.0 cm³/mol. The van der Waals surface area contributed by atoms with Gasteiger partial charge < -0.3 is 10.2 Å². The monoisotopic (exact) mass is 344 g/mol. The summed E-state index contributed by atoms with van der Waals surface area (Å²) >= 11 is 0. The molecule has 2 saturated heterocycles. The van der Waals surface area contributed by atoms with Crippen LogP contribution < -0.4 is 5.32 Å². The molecule has 6 heteroatoms. The van der Waals surface area contributed by atoms with Crippen LogP contribution in [0.15, 0.2) is 24.5 Å². The van der Waals surface area contributed by atoms with Gasteiger partial charge in [-0.1, -0.05) is 0 Å². The second kappa shape index (κ2) is 7.12. The molecule has 2 aliphatic rings. The van der Waals surface area contributed by atoms with Crippen molar-refractivity contribution in [3.05, 3.63) is 30.1 Å². The third-order valence-corrected chi connectivity index (χ3v) is 5.55. The van der Waals surface area contributed by atoms with Crippen LogP contribution in [0.25, 0.3) is 0 Å². The second-order valence-corrected chi connectivity index (χ2v) is 7.65. The van der Waals surface area contributed by atoms with Crippen molar-refractivity contribution in [1.29, 1.82) is 0 Å². The number of hydrogen-bond acceptors (Lipinski definition) is 4. The SMILES string of the molecule is CC(C)N1C(=O)N[C@@](C)([C@H]2CCCN(CCc3ccncc3)C2)C1=O. The lowest BCUT2D eigenvalue weighted by molar-refractivity contribution is -0.134. The Morgan fingerprint density at radius 3 is 2.68 bits per heavy atom. The molecule has 0 aromatic carbocycles. The standard InChI is InChI=1S/C19H28N4O2/c1-14(2)23-17(24)19(3,21-18(23)25)16-5-4-11-22(13-16)12-8-15-6-9-20-10-7-15/h6-7,9-10,14,16H,4-5,8,11-13H2,1-3H3,(H,21,25)/t16-,19-/m0/s1. The molecule has 25 heavy (non-hydrogen) atoms. The third-order valence-electron chi connectivity index (χ3n) is 5.55. The van der Waals surface area contributed by atoms with E-state index >= 15 is 0 Å². The van der Waals surface area contributed by atoms with E-state index in [9.17, 15) is 9.59 Å². The van der Waals surface area contributed by atoms with E-state index in [1.54, 1.807) is 0 Å². The summed E-state index contributed by atoms with van der Waals surface area (Å²) in [5.74, 6) is 0.0763. The number of pyridine rings is 1. The van der Waals surface area contributed by atoms with Gasteiger partial charge in [-0.3, -0.25) is 14.7 Å². The quantitative estimate of drug-likeness (QED) is 0.831. The van der Waals surface area contributed by atoms with Gasteiger partial charge in [-0.05, 0) is 64.3 Å². The average molecular weight is 344 g/mol. The van der Waals surface area contributed by atoms with Gasteiger partial charge >= 0.3 is 6.03 Å². The number of imide groups is 1. The third kappa shape index (κ3) is 3.54. The van der Waals surface area contributed by atoms with Crippen molar-refractivity contribution in [3.8, 4) is 0 Å². The number of rotatable bonds is 5. The fourth-order valence-electron chi connectivity index (χ4n) is 3.99. The zero-order valence-electron chi connectivity index (χ0n) is 15.4. The van der Waals surface area contributed by atoms with Crippen molar-refractivity contribution in [3.63, 3.8) is 0 Å². The molecule has 6 nitrogen and oxygen atoms in total. The van der Waals surface area contributed by atoms with Gasteiger partial charge in [0.15, 0.2) is 0 Å². The number of hydrogen-bond donors (Lipinski definition) is 1. The highest BCUT2D eigenvalue weighted by Crippen LogP contribution is 2.33. The summed E-state index contributed by atoms with van der Waals surface area (Å²) in [6.45, 7) is 8.52. The van der Waals surface area contributed by atoms with Gasteiger partial charge in [0.05, 0.1) is 0 Å². The van der Waals surface area contributed by atoms with Crippen LogP contribution >= 0.6 is 0 Å². The molecule has 136 valence electrons. The van der Waals surface area contributed by atoms with Crippen LogP contribution in [0.3, 0.4) is 0 Å². The molecule has 0 bridgehead atoms. The van der Waals surface area contributed by atoms with Crippen molar-refractivity contribution in [2.24, 2.45) is 5.92 Å². The number of carbonyl (C=O) groups excluding carboxylic acids is 2. The molecule has 3 heterocycles. The Bertz CT molecular complexity index is 634. The minimum absolute atomic E-state index is 0.0755. The zero-order valence-corrected chi connectivity index (χ0v) is 15.4. The number of urea groups is 1. The number of carbonyl (C=O) groups is 2. The first-order valence-electron chi connectivity index (χ1n) is 9.19. The van der Waals surface area contributed by atoms with Gasteiger partial charge in [0.1, 0.15) is 5.54 Å². The highest BCUT2D eigenvalue weighted by Gasteiger charge is 2.53. The van der Waals surface area contributed by atoms with Crippen molar-refractivity contribution in [1.82, 2.24) is 20.1 Å². The van der Waals surface area contributed by atoms with Crippen LogP contribution in [-0.2, 0) is 11.2 Å². The summed E-state index contributed by atoms with van der Waals surface area (Å²) in [5.41, 5.74) is 0.496. The Hall–Kier alpha value is -1.95. The van der Waals surface area contributed by atoms with Gasteiger partial charge in [0.2, 0.25) is 0 Å². The molecule has 1 aromatic rings. The van der Waals surface area contributed by atoms with Crippen molar-refractivity contribution < 1.29 is 9.59 Å². The van der Waals surface area contributed by atoms with E-state index < -0.39 is 5.54 Å². The van der Waals surface area contributed by atoms with Crippen LogP contribution in [0, 0.1) is 5.92 Å². The number of nitrogens with zero attached hydrogens (tertiary/aromatic N) is 3. The number of nitrogens with one attached hydrogen (secondary N) is 1. The fourth-order valence-corrected chi connectivity index (χ4v) is 3.99. The Labute approximate surface area is 149 Å². The molecule has 0 spiro atoms. The van der Waals surface area contributed by atoms with Crippen LogP contribution in [0.4, 0.5) is 4.79 Å². The molecule has 0 unspecified atom stereocenters. The summed E-state index contributed by atoms with van der Waals surface area (Å²) < 4.78 is 0. The molecule has 2 fully saturated rings. The van der Waals surface area contributed by atoms with Gasteiger partial charge in [-0.15, -0.1) is 0 Å². The summed E-state index contributed by atoms with van der Waals surface area (Å²) in [6.07, 6.45) is 6.65. The van der Waals surface area contributed by atoms with Crippen LogP contribution in [0.1, 0.15) is 39.2 Å². The lowest BCUT2D eigenvalue weighted by Crippen LogP contribution is -2.56. The number of piperidine rings is 1. The van der Waals surface area contributed by atoms with Gasteiger partial charge in [0.25, 0.3) is 5.91 Å². The van der Waals surface area contributed by atoms with Gasteiger partial charge in [-0.25, -0.2) is 4.79 Å². The summed E-state index contributed by atoms with van der Waals surface area (Å²) in [7, 11) is 0. The number of likely N-dealkylation sites (tertiary alicyclic amines) is 1. The zero-order chi connectivity index (χ0) is 18.0. The van der Waals surface area contributed by atoms with Crippen molar-refractivity contribution in [2.45, 2.75) is 51.6 Å². The topological polar surface area (TPSA) is 65.5 Å². The number of amides is 3. The van der Waals surface area contributed by atoms with Crippen molar-refractivity contribution in [2.75, 3.05) is 19.6 Å². The Morgan fingerprint density at radius 1 is 1.32 bits per heavy atom. The Kier molecular flexibility index (Phi) is 5.08. The summed E-state index contributed by atoms with van der Waals surface area (Å²) in [5, 5.41) is 2.98. The van der Waals surface area contributed by atoms with Gasteiger partial charge in [0, 0.05) is 37.4 Å². The van der Waals surface area contributed by atoms with E-state index in [2.05, 4.69) is 15.2 Å². The van der Waals surface area contributed by atoms with Crippen LogP contribution in [0.2, 0.25) is 0 Å². The van der Waals surface area contributed by atoms with E-state index in [1.165, 1.54) is 10.5 Å². The van der Waals surface area contributed by atoms with Crippen LogP contribution in [-0.4, -0.2) is 57.9 Å². The molecule has 1 aromatic heterocycles. The molecule has 3 rings (SSSR count). The highest BCUT2D eigenvalue weighted by atomic mass is 16.2. The maximum Gasteiger partial charge on any atom is 0.325 e. The summed E-state index contributed by atoms with van der Waals surface area (Å²) in [4.78, 5) is 33.0. The van der Waals surface area contributed by atoms with E-state index in [0.717, 1.165) is 38.9 Å². The molecule has 0 saturated carbocycles. The van der Waals surface area contributed by atoms with E-state index in [1.807, 2.05) is 45.3 Å². The lowest BCUT2D eigenvalue weighted by Gasteiger charge is -2.40. The maximum absolute atomic E-state index is 12.9. The minimum atomic E-state index is -0.781. The molecule has 0 radical (unpaired) electrons.